The van der Waals surface area contributed by atoms with Crippen molar-refractivity contribution in [2.24, 2.45) is 22.2 Å². The number of fused-ring (bicyclic) bond motifs is 3. The third kappa shape index (κ3) is 3.69. The van der Waals surface area contributed by atoms with E-state index in [1.54, 1.807) is 11.1 Å². The van der Waals surface area contributed by atoms with E-state index >= 15 is 0 Å². The number of aryl methyl sites for hydroxylation is 2. The number of benzene rings is 1. The Bertz CT molecular complexity index is 1210. The highest BCUT2D eigenvalue weighted by atomic mass is 14.6. The van der Waals surface area contributed by atoms with Crippen molar-refractivity contribution in [1.29, 1.82) is 0 Å². The molecular formula is C36H50. The Morgan fingerprint density at radius 1 is 1.00 bits per heavy atom. The van der Waals surface area contributed by atoms with Crippen LogP contribution in [0, 0.1) is 29.1 Å². The van der Waals surface area contributed by atoms with Crippen LogP contribution in [0.3, 0.4) is 0 Å². The molecule has 0 bridgehead atoms. The molecule has 3 aliphatic rings. The Kier molecular flexibility index (Phi) is 6.77. The van der Waals surface area contributed by atoms with E-state index in [4.69, 9.17) is 13.2 Å². The third-order valence-corrected chi connectivity index (χ3v) is 10.9. The van der Waals surface area contributed by atoms with Gasteiger partial charge in [0, 0.05) is 5.41 Å². The second-order valence-corrected chi connectivity index (χ2v) is 13.3. The van der Waals surface area contributed by atoms with E-state index in [0.29, 0.717) is 0 Å². The number of allylic oxidation sites excluding steroid dienone is 7. The Labute approximate surface area is 222 Å². The molecule has 0 N–H and O–H groups in total. The highest BCUT2D eigenvalue weighted by Gasteiger charge is 2.59. The molecular weight excluding hydrogens is 432 g/mol. The fourth-order valence-electron chi connectivity index (χ4n) is 8.89. The summed E-state index contributed by atoms with van der Waals surface area (Å²) in [6.45, 7) is 35.3. The highest BCUT2D eigenvalue weighted by molar-refractivity contribution is 5.87. The van der Waals surface area contributed by atoms with Crippen molar-refractivity contribution >= 4 is 5.57 Å². The van der Waals surface area contributed by atoms with E-state index in [2.05, 4.69) is 81.0 Å². The van der Waals surface area contributed by atoms with Crippen LogP contribution in [0.2, 0.25) is 0 Å². The molecule has 0 aliphatic heterocycles. The van der Waals surface area contributed by atoms with Gasteiger partial charge >= 0.3 is 0 Å². The SMILES string of the molecule is C=C(C)C1=C(C)C[C@@]2(C)C[C@@]3(C)Cc4c(CCC(CC)CC)ccc(C)c4C(=C)C3=C(C)[C@@]2(C)C1=C. The van der Waals surface area contributed by atoms with Crippen molar-refractivity contribution in [3.8, 4) is 0 Å². The van der Waals surface area contributed by atoms with Crippen molar-refractivity contribution < 1.29 is 0 Å². The average Bonchev–Trinajstić information content (AvgIpc) is 2.77. The van der Waals surface area contributed by atoms with Crippen LogP contribution in [-0.2, 0) is 12.8 Å². The highest BCUT2D eigenvalue weighted by Crippen LogP contribution is 2.70. The minimum absolute atomic E-state index is 0.0862. The lowest BCUT2D eigenvalue weighted by Crippen LogP contribution is -2.52. The van der Waals surface area contributed by atoms with Crippen LogP contribution in [0.15, 0.2) is 65.3 Å². The van der Waals surface area contributed by atoms with Gasteiger partial charge in [0.25, 0.3) is 0 Å². The normalized spacial score (nSPS) is 29.9. The van der Waals surface area contributed by atoms with Gasteiger partial charge in [0.1, 0.15) is 0 Å². The summed E-state index contributed by atoms with van der Waals surface area (Å²) in [6.07, 6.45) is 8.44. The van der Waals surface area contributed by atoms with Gasteiger partial charge in [-0.05, 0) is 121 Å². The van der Waals surface area contributed by atoms with E-state index in [0.717, 1.165) is 24.3 Å². The lowest BCUT2D eigenvalue weighted by atomic mass is 9.41. The summed E-state index contributed by atoms with van der Waals surface area (Å²) >= 11 is 0. The zero-order chi connectivity index (χ0) is 26.8. The first kappa shape index (κ1) is 27.0. The van der Waals surface area contributed by atoms with Gasteiger partial charge in [-0.3, -0.25) is 0 Å². The van der Waals surface area contributed by atoms with Gasteiger partial charge in [0.15, 0.2) is 0 Å². The van der Waals surface area contributed by atoms with Crippen molar-refractivity contribution in [1.82, 2.24) is 0 Å². The van der Waals surface area contributed by atoms with E-state index in [9.17, 15) is 0 Å². The second kappa shape index (κ2) is 9.04. The zero-order valence-electron chi connectivity index (χ0n) is 24.8. The molecule has 0 saturated carbocycles. The van der Waals surface area contributed by atoms with E-state index in [1.165, 1.54) is 76.7 Å². The Morgan fingerprint density at radius 3 is 2.22 bits per heavy atom. The van der Waals surface area contributed by atoms with Crippen molar-refractivity contribution in [2.45, 2.75) is 107 Å². The van der Waals surface area contributed by atoms with Gasteiger partial charge in [0.05, 0.1) is 0 Å². The van der Waals surface area contributed by atoms with E-state index in [-0.39, 0.29) is 16.2 Å². The molecule has 0 amide bonds. The quantitative estimate of drug-likeness (QED) is 0.378. The van der Waals surface area contributed by atoms with Crippen molar-refractivity contribution in [3.05, 3.63) is 87.6 Å². The third-order valence-electron chi connectivity index (χ3n) is 10.9. The van der Waals surface area contributed by atoms with Crippen LogP contribution < -0.4 is 0 Å². The second-order valence-electron chi connectivity index (χ2n) is 13.3. The van der Waals surface area contributed by atoms with Gasteiger partial charge in [-0.25, -0.2) is 0 Å². The number of hydrogen-bond acceptors (Lipinski definition) is 0. The minimum atomic E-state index is -0.0862. The Hall–Kier alpha value is -2.08. The summed E-state index contributed by atoms with van der Waals surface area (Å²) in [5.74, 6) is 0.821. The fraction of sp³-hybridized carbons (Fsp3) is 0.556. The fourth-order valence-corrected chi connectivity index (χ4v) is 8.89. The molecule has 0 fully saturated rings. The maximum absolute atomic E-state index is 4.83. The van der Waals surface area contributed by atoms with E-state index in [1.807, 2.05) is 0 Å². The maximum Gasteiger partial charge on any atom is 0.0194 e. The van der Waals surface area contributed by atoms with Gasteiger partial charge in [-0.15, -0.1) is 0 Å². The van der Waals surface area contributed by atoms with Crippen LogP contribution in [0.5, 0.6) is 0 Å². The molecule has 3 atom stereocenters. The standard InChI is InChI=1S/C36H50/c1-13-28(14-2)16-18-29-17-15-23(5)32-25(7)33-27(9)36(12)26(8)31(22(3)4)24(6)19-35(36,11)21-34(33,10)20-30(29)32/h15,17,28H,3,7-8,13-14,16,18-21H2,1-2,4-6,9-12H3/t34-,35+,36-/m1/s1. The lowest BCUT2D eigenvalue weighted by Gasteiger charge is -2.62. The molecule has 1 aromatic carbocycles. The molecule has 194 valence electrons. The Morgan fingerprint density at radius 2 is 1.64 bits per heavy atom. The van der Waals surface area contributed by atoms with Gasteiger partial charge in [-0.2, -0.15) is 0 Å². The molecule has 0 radical (unpaired) electrons. The average molecular weight is 483 g/mol. The molecule has 3 aliphatic carbocycles. The van der Waals surface area contributed by atoms with Gasteiger partial charge < -0.3 is 0 Å². The summed E-state index contributed by atoms with van der Waals surface area (Å²) in [6, 6.07) is 4.78. The number of rotatable bonds is 6. The van der Waals surface area contributed by atoms with Crippen LogP contribution in [0.25, 0.3) is 5.57 Å². The molecule has 0 heterocycles. The largest absolute Gasteiger partial charge is 0.0955 e. The first-order valence-corrected chi connectivity index (χ1v) is 14.3. The maximum atomic E-state index is 4.83. The smallest absolute Gasteiger partial charge is 0.0194 e. The van der Waals surface area contributed by atoms with Crippen LogP contribution >= 0.6 is 0 Å². The molecule has 0 heteroatoms. The lowest BCUT2D eigenvalue weighted by molar-refractivity contribution is 0.0543. The van der Waals surface area contributed by atoms with Gasteiger partial charge in [0.2, 0.25) is 0 Å². The molecule has 0 aromatic heterocycles. The zero-order valence-corrected chi connectivity index (χ0v) is 24.8. The molecule has 1 aromatic rings. The predicted octanol–water partition coefficient (Wildman–Crippen LogP) is 10.5. The molecule has 0 spiro atoms. The Balaban J connectivity index is 1.89. The summed E-state index contributed by atoms with van der Waals surface area (Å²) in [7, 11) is 0. The topological polar surface area (TPSA) is 0 Å². The molecule has 0 unspecified atom stereocenters. The van der Waals surface area contributed by atoms with Crippen molar-refractivity contribution in [3.63, 3.8) is 0 Å². The summed E-state index contributed by atoms with van der Waals surface area (Å²) < 4.78 is 0. The molecule has 0 saturated heterocycles. The van der Waals surface area contributed by atoms with Gasteiger partial charge in [-0.1, -0.05) is 96.0 Å². The minimum Gasteiger partial charge on any atom is -0.0955 e. The summed E-state index contributed by atoms with van der Waals surface area (Å²) in [5, 5.41) is 0. The van der Waals surface area contributed by atoms with Crippen LogP contribution in [-0.4, -0.2) is 0 Å². The molecule has 36 heavy (non-hydrogen) atoms. The van der Waals surface area contributed by atoms with Crippen molar-refractivity contribution in [2.75, 3.05) is 0 Å². The first-order valence-electron chi connectivity index (χ1n) is 14.3. The first-order chi connectivity index (χ1) is 16.8. The predicted molar refractivity (Wildman–Crippen MR) is 159 cm³/mol. The summed E-state index contributed by atoms with van der Waals surface area (Å²) in [5.41, 5.74) is 15.6. The summed E-state index contributed by atoms with van der Waals surface area (Å²) in [4.78, 5) is 0. The van der Waals surface area contributed by atoms with Crippen LogP contribution in [0.4, 0.5) is 0 Å². The monoisotopic (exact) mass is 482 g/mol. The number of hydrogen-bond donors (Lipinski definition) is 0. The molecule has 4 rings (SSSR count). The van der Waals surface area contributed by atoms with Crippen LogP contribution in [0.1, 0.15) is 110 Å². The van der Waals surface area contributed by atoms with E-state index < -0.39 is 0 Å². The molecule has 0 nitrogen and oxygen atoms in total.